The number of hydrogen-bond acceptors (Lipinski definition) is 4. The number of rotatable bonds is 1. The van der Waals surface area contributed by atoms with Gasteiger partial charge in [-0.25, -0.2) is 14.6 Å². The zero-order chi connectivity index (χ0) is 14.9. The van der Waals surface area contributed by atoms with Crippen molar-refractivity contribution in [1.82, 2.24) is 20.2 Å². The number of nitrogens with one attached hydrogen (secondary N) is 2. The molecule has 7 heteroatoms. The first-order valence-corrected chi connectivity index (χ1v) is 6.49. The van der Waals surface area contributed by atoms with Crippen LogP contribution in [0.25, 0.3) is 0 Å². The lowest BCUT2D eigenvalue weighted by Crippen LogP contribution is -2.56. The lowest BCUT2D eigenvalue weighted by Gasteiger charge is -2.35. The van der Waals surface area contributed by atoms with Gasteiger partial charge in [0.25, 0.3) is 0 Å². The average Bonchev–Trinajstić information content (AvgIpc) is 2.81. The molecule has 1 aliphatic rings. The minimum absolute atomic E-state index is 0.284. The Morgan fingerprint density at radius 1 is 1.50 bits per heavy atom. The number of nitrogens with zero attached hydrogens (tertiary/aromatic N) is 2. The third kappa shape index (κ3) is 2.92. The largest absolute Gasteiger partial charge is 0.467 e. The third-order valence-corrected chi connectivity index (χ3v) is 3.11. The number of imidazole rings is 1. The summed E-state index contributed by atoms with van der Waals surface area (Å²) in [4.78, 5) is 32.9. The fraction of sp³-hybridized carbons (Fsp3) is 0.615. The van der Waals surface area contributed by atoms with Crippen LogP contribution >= 0.6 is 0 Å². The number of fused-ring (bicyclic) bond motifs is 1. The summed E-state index contributed by atoms with van der Waals surface area (Å²) < 4.78 is 4.79. The minimum Gasteiger partial charge on any atom is -0.467 e. The minimum atomic E-state index is -0.641. The summed E-state index contributed by atoms with van der Waals surface area (Å²) in [5.74, 6) is -0.428. The van der Waals surface area contributed by atoms with Gasteiger partial charge >= 0.3 is 12.0 Å². The molecule has 0 aliphatic carbocycles. The van der Waals surface area contributed by atoms with Crippen molar-refractivity contribution in [3.63, 3.8) is 0 Å². The molecule has 2 amide bonds. The molecule has 1 aliphatic heterocycles. The molecular weight excluding hydrogens is 260 g/mol. The fourth-order valence-electron chi connectivity index (χ4n) is 2.19. The van der Waals surface area contributed by atoms with E-state index in [4.69, 9.17) is 4.74 Å². The number of urea groups is 1. The summed E-state index contributed by atoms with van der Waals surface area (Å²) in [6, 6.07) is -0.925. The van der Waals surface area contributed by atoms with Gasteiger partial charge in [-0.15, -0.1) is 0 Å². The van der Waals surface area contributed by atoms with Crippen LogP contribution in [-0.2, 0) is 22.5 Å². The smallest absolute Gasteiger partial charge is 0.329 e. The second kappa shape index (κ2) is 5.15. The van der Waals surface area contributed by atoms with Gasteiger partial charge in [-0.2, -0.15) is 0 Å². The van der Waals surface area contributed by atoms with Gasteiger partial charge < -0.3 is 19.9 Å². The number of esters is 1. The molecule has 110 valence electrons. The molecule has 2 heterocycles. The van der Waals surface area contributed by atoms with Gasteiger partial charge in [-0.1, -0.05) is 0 Å². The number of aromatic nitrogens is 2. The Morgan fingerprint density at radius 3 is 2.80 bits per heavy atom. The molecule has 2 N–H and O–H groups in total. The first-order chi connectivity index (χ1) is 9.31. The number of ether oxygens (including phenoxy) is 1. The van der Waals surface area contributed by atoms with E-state index in [9.17, 15) is 9.59 Å². The van der Waals surface area contributed by atoms with E-state index in [1.807, 2.05) is 20.8 Å². The zero-order valence-electron chi connectivity index (χ0n) is 12.2. The van der Waals surface area contributed by atoms with E-state index in [0.717, 1.165) is 11.4 Å². The highest BCUT2D eigenvalue weighted by atomic mass is 16.5. The molecule has 0 bridgehead atoms. The van der Waals surface area contributed by atoms with E-state index in [1.54, 1.807) is 6.33 Å². The maximum absolute atomic E-state index is 12.3. The van der Waals surface area contributed by atoms with Crippen molar-refractivity contribution >= 4 is 12.0 Å². The van der Waals surface area contributed by atoms with Gasteiger partial charge in [0, 0.05) is 12.0 Å². The van der Waals surface area contributed by atoms with Crippen molar-refractivity contribution < 1.29 is 14.3 Å². The molecule has 0 fully saturated rings. The number of methoxy groups -OCH3 is 1. The van der Waals surface area contributed by atoms with E-state index < -0.39 is 12.0 Å². The Bertz CT molecular complexity index is 518. The van der Waals surface area contributed by atoms with Gasteiger partial charge in [-0.05, 0) is 20.8 Å². The number of aromatic amines is 1. The highest BCUT2D eigenvalue weighted by Crippen LogP contribution is 2.22. The van der Waals surface area contributed by atoms with Crippen LogP contribution in [0.3, 0.4) is 0 Å². The van der Waals surface area contributed by atoms with Gasteiger partial charge in [0.05, 0.1) is 31.4 Å². The molecule has 0 aromatic carbocycles. The number of carbonyl (C=O) groups excluding carboxylic acids is 2. The van der Waals surface area contributed by atoms with Crippen molar-refractivity contribution in [1.29, 1.82) is 0 Å². The SMILES string of the molecule is COC(=O)C1Cc2nc[nH]c2CN1C(=O)NC(C)(C)C. The monoisotopic (exact) mass is 280 g/mol. The standard InChI is InChI=1S/C13H20N4O3/c1-13(2,3)16-12(19)17-6-9-8(14-7-15-9)5-10(17)11(18)20-4/h7,10H,5-6H2,1-4H3,(H,14,15)(H,16,19). The lowest BCUT2D eigenvalue weighted by molar-refractivity contribution is -0.146. The number of carbonyl (C=O) groups is 2. The Morgan fingerprint density at radius 2 is 2.20 bits per heavy atom. The first-order valence-electron chi connectivity index (χ1n) is 6.49. The Balaban J connectivity index is 2.24. The van der Waals surface area contributed by atoms with Crippen LogP contribution < -0.4 is 5.32 Å². The molecule has 7 nitrogen and oxygen atoms in total. The van der Waals surface area contributed by atoms with Crippen LogP contribution in [0.15, 0.2) is 6.33 Å². The highest BCUT2D eigenvalue weighted by Gasteiger charge is 2.37. The predicted molar refractivity (Wildman–Crippen MR) is 71.9 cm³/mol. The summed E-state index contributed by atoms with van der Waals surface area (Å²) in [5, 5.41) is 2.87. The molecule has 1 aromatic heterocycles. The molecule has 1 aromatic rings. The summed E-state index contributed by atoms with van der Waals surface area (Å²) >= 11 is 0. The highest BCUT2D eigenvalue weighted by molar-refractivity contribution is 5.84. The Labute approximate surface area is 117 Å². The van der Waals surface area contributed by atoms with E-state index in [-0.39, 0.29) is 11.6 Å². The van der Waals surface area contributed by atoms with Gasteiger partial charge in [0.15, 0.2) is 0 Å². The summed E-state index contributed by atoms with van der Waals surface area (Å²) in [6.45, 7) is 5.99. The van der Waals surface area contributed by atoms with E-state index in [1.165, 1.54) is 12.0 Å². The summed E-state index contributed by atoms with van der Waals surface area (Å²) in [5.41, 5.74) is 1.29. The molecule has 0 saturated heterocycles. The molecule has 1 atom stereocenters. The molecular formula is C13H20N4O3. The molecule has 20 heavy (non-hydrogen) atoms. The summed E-state index contributed by atoms with van der Waals surface area (Å²) in [6.07, 6.45) is 1.94. The predicted octanol–water partition coefficient (Wildman–Crippen LogP) is 0.817. The molecule has 0 spiro atoms. The Hall–Kier alpha value is -2.05. The number of H-pyrrole nitrogens is 1. The molecule has 2 rings (SSSR count). The van der Waals surface area contributed by atoms with E-state index in [2.05, 4.69) is 15.3 Å². The molecule has 0 saturated carbocycles. The quantitative estimate of drug-likeness (QED) is 0.745. The maximum atomic E-state index is 12.3. The average molecular weight is 280 g/mol. The van der Waals surface area contributed by atoms with Crippen molar-refractivity contribution in [2.75, 3.05) is 7.11 Å². The van der Waals surface area contributed by atoms with Gasteiger partial charge in [0.1, 0.15) is 6.04 Å². The first kappa shape index (κ1) is 14.4. The van der Waals surface area contributed by atoms with Crippen molar-refractivity contribution in [2.24, 2.45) is 0 Å². The fourth-order valence-corrected chi connectivity index (χ4v) is 2.19. The van der Waals surface area contributed by atoms with Crippen molar-refractivity contribution in [3.05, 3.63) is 17.7 Å². The van der Waals surface area contributed by atoms with Crippen LogP contribution in [-0.4, -0.2) is 45.6 Å². The summed E-state index contributed by atoms with van der Waals surface area (Å²) in [7, 11) is 1.32. The molecule has 1 unspecified atom stereocenters. The Kier molecular flexibility index (Phi) is 3.69. The van der Waals surface area contributed by atoms with Gasteiger partial charge in [-0.3, -0.25) is 0 Å². The van der Waals surface area contributed by atoms with Crippen LogP contribution in [0.4, 0.5) is 4.79 Å². The topological polar surface area (TPSA) is 87.3 Å². The maximum Gasteiger partial charge on any atom is 0.329 e. The second-order valence-corrected chi connectivity index (χ2v) is 5.88. The second-order valence-electron chi connectivity index (χ2n) is 5.88. The normalized spacial score (nSPS) is 18.4. The molecule has 0 radical (unpaired) electrons. The van der Waals surface area contributed by atoms with Crippen molar-refractivity contribution in [3.8, 4) is 0 Å². The zero-order valence-corrected chi connectivity index (χ0v) is 12.2. The van der Waals surface area contributed by atoms with E-state index in [0.29, 0.717) is 13.0 Å². The third-order valence-electron chi connectivity index (χ3n) is 3.11. The van der Waals surface area contributed by atoms with Gasteiger partial charge in [0.2, 0.25) is 0 Å². The lowest BCUT2D eigenvalue weighted by atomic mass is 10.0. The number of hydrogen-bond donors (Lipinski definition) is 2. The van der Waals surface area contributed by atoms with Crippen LogP contribution in [0.2, 0.25) is 0 Å². The van der Waals surface area contributed by atoms with Crippen LogP contribution in [0.5, 0.6) is 0 Å². The van der Waals surface area contributed by atoms with Crippen LogP contribution in [0.1, 0.15) is 32.2 Å². The number of amides is 2. The van der Waals surface area contributed by atoms with Crippen molar-refractivity contribution in [2.45, 2.75) is 45.3 Å². The van der Waals surface area contributed by atoms with E-state index >= 15 is 0 Å². The van der Waals surface area contributed by atoms with Crippen LogP contribution in [0, 0.1) is 0 Å².